The number of carbonyl (C=O) groups excluding carboxylic acids is 1. The summed E-state index contributed by atoms with van der Waals surface area (Å²) in [7, 11) is 0. The highest BCUT2D eigenvalue weighted by molar-refractivity contribution is 5.68. The van der Waals surface area contributed by atoms with Gasteiger partial charge in [0.25, 0.3) is 0 Å². The van der Waals surface area contributed by atoms with Gasteiger partial charge in [-0.25, -0.2) is 9.18 Å². The lowest BCUT2D eigenvalue weighted by Gasteiger charge is -2.39. The molecule has 0 N–H and O–H groups in total. The molecule has 1 saturated heterocycles. The first-order valence-corrected chi connectivity index (χ1v) is 6.11. The van der Waals surface area contributed by atoms with Gasteiger partial charge in [-0.2, -0.15) is 0 Å². The van der Waals surface area contributed by atoms with Gasteiger partial charge in [0.2, 0.25) is 0 Å². The van der Waals surface area contributed by atoms with E-state index >= 15 is 0 Å². The predicted octanol–water partition coefficient (Wildman–Crippen LogP) is 1.90. The second-order valence-electron chi connectivity index (χ2n) is 5.51. The summed E-state index contributed by atoms with van der Waals surface area (Å²) in [5, 5.41) is 0. The fourth-order valence-electron chi connectivity index (χ4n) is 1.95. The molecule has 0 spiro atoms. The van der Waals surface area contributed by atoms with E-state index in [2.05, 4.69) is 0 Å². The molecule has 0 unspecified atom stereocenters. The quantitative estimate of drug-likeness (QED) is 0.746. The molecule has 1 amide bonds. The van der Waals surface area contributed by atoms with Crippen LogP contribution in [0.5, 0.6) is 0 Å². The number of rotatable bonds is 2. The van der Waals surface area contributed by atoms with Crippen molar-refractivity contribution in [2.24, 2.45) is 0 Å². The van der Waals surface area contributed by atoms with Crippen molar-refractivity contribution >= 4 is 6.09 Å². The van der Waals surface area contributed by atoms with Crippen molar-refractivity contribution in [1.82, 2.24) is 9.80 Å². The normalized spacial score (nSPS) is 22.6. The maximum Gasteiger partial charge on any atom is 0.410 e. The Morgan fingerprint density at radius 2 is 2.06 bits per heavy atom. The lowest BCUT2D eigenvalue weighted by molar-refractivity contribution is 0.00104. The average molecular weight is 246 g/mol. The molecular formula is C12H23FN2O2. The van der Waals surface area contributed by atoms with Gasteiger partial charge in [-0.05, 0) is 27.7 Å². The molecule has 0 aromatic rings. The van der Waals surface area contributed by atoms with Crippen molar-refractivity contribution in [3.8, 4) is 0 Å². The first kappa shape index (κ1) is 14.2. The maximum absolute atomic E-state index is 12.2. The molecule has 100 valence electrons. The first-order valence-electron chi connectivity index (χ1n) is 6.11. The number of piperazine rings is 1. The van der Waals surface area contributed by atoms with E-state index in [0.717, 1.165) is 0 Å². The van der Waals surface area contributed by atoms with Crippen molar-refractivity contribution in [2.45, 2.75) is 39.3 Å². The highest BCUT2D eigenvalue weighted by Gasteiger charge is 2.30. The lowest BCUT2D eigenvalue weighted by Crippen LogP contribution is -2.55. The van der Waals surface area contributed by atoms with Crippen molar-refractivity contribution < 1.29 is 13.9 Å². The van der Waals surface area contributed by atoms with E-state index in [0.29, 0.717) is 26.2 Å². The smallest absolute Gasteiger partial charge is 0.410 e. The lowest BCUT2D eigenvalue weighted by atomic mass is 10.2. The van der Waals surface area contributed by atoms with Crippen LogP contribution >= 0.6 is 0 Å². The molecule has 5 heteroatoms. The maximum atomic E-state index is 12.2. The molecule has 0 aromatic carbocycles. The molecule has 1 fully saturated rings. The Kier molecular flexibility index (Phi) is 4.74. The van der Waals surface area contributed by atoms with Gasteiger partial charge in [0, 0.05) is 32.2 Å². The molecule has 0 aromatic heterocycles. The van der Waals surface area contributed by atoms with Gasteiger partial charge in [-0.3, -0.25) is 4.90 Å². The standard InChI is InChI=1S/C12H23FN2O2/c1-10-9-14(6-5-13)7-8-15(10)11(16)17-12(2,3)4/h10H,5-9H2,1-4H3/t10-/m1/s1. The van der Waals surface area contributed by atoms with Crippen molar-refractivity contribution in [2.75, 3.05) is 32.9 Å². The van der Waals surface area contributed by atoms with E-state index in [1.165, 1.54) is 0 Å². The fourth-order valence-corrected chi connectivity index (χ4v) is 1.95. The van der Waals surface area contributed by atoms with Crippen LogP contribution in [0.4, 0.5) is 9.18 Å². The van der Waals surface area contributed by atoms with Crippen LogP contribution in [0.2, 0.25) is 0 Å². The van der Waals surface area contributed by atoms with Crippen LogP contribution in [0.15, 0.2) is 0 Å². The molecule has 17 heavy (non-hydrogen) atoms. The van der Waals surface area contributed by atoms with Gasteiger partial charge in [0.1, 0.15) is 12.3 Å². The number of ether oxygens (including phenoxy) is 1. The van der Waals surface area contributed by atoms with Gasteiger partial charge < -0.3 is 9.64 Å². The summed E-state index contributed by atoms with van der Waals surface area (Å²) in [5.74, 6) is 0. The third-order valence-electron chi connectivity index (χ3n) is 2.74. The van der Waals surface area contributed by atoms with E-state index in [1.807, 2.05) is 32.6 Å². The van der Waals surface area contributed by atoms with E-state index in [4.69, 9.17) is 4.74 Å². The SMILES string of the molecule is C[C@@H]1CN(CCF)CCN1C(=O)OC(C)(C)C. The third kappa shape index (κ3) is 4.50. The largest absolute Gasteiger partial charge is 0.444 e. The molecule has 4 nitrogen and oxygen atoms in total. The van der Waals surface area contributed by atoms with Crippen LogP contribution in [0, 0.1) is 0 Å². The van der Waals surface area contributed by atoms with Gasteiger partial charge >= 0.3 is 6.09 Å². The summed E-state index contributed by atoms with van der Waals surface area (Å²) in [6, 6.07) is 0.0742. The minimum absolute atomic E-state index is 0.0742. The number of carbonyl (C=O) groups is 1. The summed E-state index contributed by atoms with van der Waals surface area (Å²) in [6.07, 6.45) is -0.273. The van der Waals surface area contributed by atoms with Gasteiger partial charge in [-0.15, -0.1) is 0 Å². The Morgan fingerprint density at radius 3 is 2.53 bits per heavy atom. The van der Waals surface area contributed by atoms with Gasteiger partial charge in [0.05, 0.1) is 0 Å². The van der Waals surface area contributed by atoms with Crippen LogP contribution in [0.25, 0.3) is 0 Å². The minimum Gasteiger partial charge on any atom is -0.444 e. The molecule has 0 radical (unpaired) electrons. The summed E-state index contributed by atoms with van der Waals surface area (Å²) in [4.78, 5) is 15.7. The van der Waals surface area contributed by atoms with Crippen LogP contribution in [-0.2, 0) is 4.74 Å². The summed E-state index contributed by atoms with van der Waals surface area (Å²) >= 11 is 0. The zero-order valence-electron chi connectivity index (χ0n) is 11.2. The van der Waals surface area contributed by atoms with Crippen molar-refractivity contribution in [1.29, 1.82) is 0 Å². The summed E-state index contributed by atoms with van der Waals surface area (Å²) in [5.41, 5.74) is -0.465. The Balaban J connectivity index is 2.49. The molecule has 0 saturated carbocycles. The minimum atomic E-state index is -0.465. The van der Waals surface area contributed by atoms with E-state index < -0.39 is 5.60 Å². The molecule has 1 rings (SSSR count). The van der Waals surface area contributed by atoms with E-state index in [-0.39, 0.29) is 18.8 Å². The molecular weight excluding hydrogens is 223 g/mol. The number of amides is 1. The first-order chi connectivity index (χ1) is 7.83. The second kappa shape index (κ2) is 5.67. The second-order valence-corrected chi connectivity index (χ2v) is 5.51. The van der Waals surface area contributed by atoms with Gasteiger partial charge in [-0.1, -0.05) is 0 Å². The number of hydrogen-bond donors (Lipinski definition) is 0. The fraction of sp³-hybridized carbons (Fsp3) is 0.917. The molecule has 1 atom stereocenters. The number of halogens is 1. The summed E-state index contributed by atoms with van der Waals surface area (Å²) in [6.45, 7) is 9.69. The van der Waals surface area contributed by atoms with Crippen LogP contribution in [-0.4, -0.2) is 60.4 Å². The topological polar surface area (TPSA) is 32.8 Å². The van der Waals surface area contributed by atoms with Crippen LogP contribution in [0.1, 0.15) is 27.7 Å². The zero-order chi connectivity index (χ0) is 13.1. The van der Waals surface area contributed by atoms with Gasteiger partial charge in [0.15, 0.2) is 0 Å². The van der Waals surface area contributed by atoms with Crippen molar-refractivity contribution in [3.63, 3.8) is 0 Å². The molecule has 1 aliphatic heterocycles. The van der Waals surface area contributed by atoms with E-state index in [1.54, 1.807) is 4.90 Å². The monoisotopic (exact) mass is 246 g/mol. The molecule has 1 aliphatic rings. The molecule has 0 bridgehead atoms. The Morgan fingerprint density at radius 1 is 1.41 bits per heavy atom. The molecule has 1 heterocycles. The third-order valence-corrected chi connectivity index (χ3v) is 2.74. The number of alkyl halides is 1. The van der Waals surface area contributed by atoms with Crippen LogP contribution in [0.3, 0.4) is 0 Å². The highest BCUT2D eigenvalue weighted by Crippen LogP contribution is 2.15. The van der Waals surface area contributed by atoms with E-state index in [9.17, 15) is 9.18 Å². The zero-order valence-corrected chi connectivity index (χ0v) is 11.2. The van der Waals surface area contributed by atoms with Crippen LogP contribution < -0.4 is 0 Å². The summed E-state index contributed by atoms with van der Waals surface area (Å²) < 4.78 is 17.6. The van der Waals surface area contributed by atoms with Crippen molar-refractivity contribution in [3.05, 3.63) is 0 Å². The highest BCUT2D eigenvalue weighted by atomic mass is 19.1. The number of nitrogens with zero attached hydrogens (tertiary/aromatic N) is 2. The Labute approximate surface area is 103 Å². The number of hydrogen-bond acceptors (Lipinski definition) is 3. The average Bonchev–Trinajstić information content (AvgIpc) is 2.15. The Bertz CT molecular complexity index is 266. The predicted molar refractivity (Wildman–Crippen MR) is 64.8 cm³/mol. The molecule has 0 aliphatic carbocycles. The Hall–Kier alpha value is -0.840.